The number of anilines is 1. The molecule has 0 aliphatic heterocycles. The Balaban J connectivity index is 1.60. The van der Waals surface area contributed by atoms with E-state index in [0.717, 1.165) is 5.39 Å². The molecular weight excluding hydrogens is 316 g/mol. The lowest BCUT2D eigenvalue weighted by atomic mass is 10.1. The van der Waals surface area contributed by atoms with E-state index in [2.05, 4.69) is 15.5 Å². The van der Waals surface area contributed by atoms with Crippen molar-refractivity contribution in [2.75, 3.05) is 5.32 Å². The van der Waals surface area contributed by atoms with Crippen LogP contribution in [0.25, 0.3) is 15.9 Å². The van der Waals surface area contributed by atoms with Crippen LogP contribution < -0.4 is 10.9 Å². The van der Waals surface area contributed by atoms with Crippen molar-refractivity contribution in [3.8, 4) is 0 Å². The van der Waals surface area contributed by atoms with Gasteiger partial charge >= 0.3 is 0 Å². The molecule has 1 N–H and O–H groups in total. The average molecular weight is 326 g/mol. The second kappa shape index (κ2) is 5.33. The van der Waals surface area contributed by atoms with Gasteiger partial charge in [0, 0.05) is 17.0 Å². The van der Waals surface area contributed by atoms with Crippen LogP contribution in [0.4, 0.5) is 5.69 Å². The highest BCUT2D eigenvalue weighted by Gasteiger charge is 2.14. The van der Waals surface area contributed by atoms with Crippen LogP contribution in [-0.2, 0) is 11.2 Å². The summed E-state index contributed by atoms with van der Waals surface area (Å²) in [5, 5.41) is 9.04. The highest BCUT2D eigenvalue weighted by molar-refractivity contribution is 7.15. The molecule has 0 radical (unpaired) electrons. The number of hydrogen-bond donors (Lipinski definition) is 1. The number of nitrogens with zero attached hydrogens (tertiary/aromatic N) is 3. The number of nitrogens with one attached hydrogen (secondary N) is 1. The van der Waals surface area contributed by atoms with Crippen LogP contribution in [0.15, 0.2) is 51.4 Å². The summed E-state index contributed by atoms with van der Waals surface area (Å²) >= 11 is 1.35. The molecule has 0 aliphatic carbocycles. The monoisotopic (exact) mass is 326 g/mol. The first kappa shape index (κ1) is 13.6. The minimum atomic E-state index is -0.349. The summed E-state index contributed by atoms with van der Waals surface area (Å²) in [4.78, 5) is 29.1. The van der Waals surface area contributed by atoms with E-state index in [0.29, 0.717) is 16.2 Å². The summed E-state index contributed by atoms with van der Waals surface area (Å²) in [5.74, 6) is -0.349. The predicted octanol–water partition coefficient (Wildman–Crippen LogP) is 2.08. The number of rotatable bonds is 3. The largest absolute Gasteiger partial charge is 0.356 e. The quantitative estimate of drug-likeness (QED) is 0.622. The van der Waals surface area contributed by atoms with Crippen LogP contribution in [0.2, 0.25) is 0 Å². The molecule has 3 aromatic heterocycles. The number of benzene rings is 1. The van der Waals surface area contributed by atoms with Gasteiger partial charge in [-0.3, -0.25) is 14.0 Å². The third-order valence-corrected chi connectivity index (χ3v) is 4.17. The fourth-order valence-electron chi connectivity index (χ4n) is 2.32. The van der Waals surface area contributed by atoms with Crippen molar-refractivity contribution >= 4 is 38.9 Å². The topological polar surface area (TPSA) is 89.5 Å². The van der Waals surface area contributed by atoms with Crippen LogP contribution in [0.1, 0.15) is 5.69 Å². The summed E-state index contributed by atoms with van der Waals surface area (Å²) in [7, 11) is 0. The molecule has 7 nitrogen and oxygen atoms in total. The first-order chi connectivity index (χ1) is 11.2. The minimum absolute atomic E-state index is 0.0167. The highest BCUT2D eigenvalue weighted by Crippen LogP contribution is 2.18. The third-order valence-electron chi connectivity index (χ3n) is 3.40. The van der Waals surface area contributed by atoms with E-state index in [4.69, 9.17) is 4.52 Å². The highest BCUT2D eigenvalue weighted by atomic mass is 32.1. The first-order valence-corrected chi connectivity index (χ1v) is 7.68. The lowest BCUT2D eigenvalue weighted by Gasteiger charge is -2.03. The lowest BCUT2D eigenvalue weighted by molar-refractivity contribution is -0.115. The van der Waals surface area contributed by atoms with E-state index in [-0.39, 0.29) is 23.6 Å². The Hall–Kier alpha value is -3.00. The summed E-state index contributed by atoms with van der Waals surface area (Å²) in [6.45, 7) is 0. The molecule has 0 unspecified atom stereocenters. The summed E-state index contributed by atoms with van der Waals surface area (Å²) in [6, 6.07) is 7.30. The molecule has 3 heterocycles. The Kier molecular flexibility index (Phi) is 3.16. The summed E-state index contributed by atoms with van der Waals surface area (Å²) in [5.41, 5.74) is 0.979. The van der Waals surface area contributed by atoms with Crippen molar-refractivity contribution in [2.45, 2.75) is 6.42 Å². The van der Waals surface area contributed by atoms with Crippen LogP contribution in [0.3, 0.4) is 0 Å². The number of thiazole rings is 1. The van der Waals surface area contributed by atoms with Crippen molar-refractivity contribution in [1.29, 1.82) is 0 Å². The predicted molar refractivity (Wildman–Crippen MR) is 85.7 cm³/mol. The second-order valence-electron chi connectivity index (χ2n) is 4.88. The molecule has 4 aromatic rings. The average Bonchev–Trinajstić information content (AvgIpc) is 3.18. The lowest BCUT2D eigenvalue weighted by Crippen LogP contribution is -2.23. The molecule has 0 atom stereocenters. The van der Waals surface area contributed by atoms with Crippen LogP contribution in [0.5, 0.6) is 0 Å². The van der Waals surface area contributed by atoms with E-state index in [9.17, 15) is 9.59 Å². The smallest absolute Gasteiger partial charge is 0.282 e. The molecule has 1 amide bonds. The normalized spacial score (nSPS) is 11.1. The van der Waals surface area contributed by atoms with Crippen molar-refractivity contribution in [3.63, 3.8) is 0 Å². The number of hydrogen-bond acceptors (Lipinski definition) is 6. The van der Waals surface area contributed by atoms with E-state index < -0.39 is 0 Å². The molecular formula is C15H10N4O3S. The van der Waals surface area contributed by atoms with E-state index in [1.165, 1.54) is 21.9 Å². The molecule has 0 fully saturated rings. The van der Waals surface area contributed by atoms with Gasteiger partial charge in [0.05, 0.1) is 12.6 Å². The van der Waals surface area contributed by atoms with Gasteiger partial charge in [-0.25, -0.2) is 4.98 Å². The van der Waals surface area contributed by atoms with E-state index >= 15 is 0 Å². The zero-order valence-corrected chi connectivity index (χ0v) is 12.5. The van der Waals surface area contributed by atoms with Gasteiger partial charge in [0.25, 0.3) is 5.56 Å². The Morgan fingerprint density at radius 1 is 1.35 bits per heavy atom. The Bertz CT molecular complexity index is 1080. The maximum absolute atomic E-state index is 12.2. The number of carbonyl (C=O) groups excluding carboxylic acids is 1. The van der Waals surface area contributed by atoms with Gasteiger partial charge in [0.2, 0.25) is 5.91 Å². The fourth-order valence-corrected chi connectivity index (χ4v) is 3.00. The van der Waals surface area contributed by atoms with E-state index in [1.54, 1.807) is 17.6 Å². The molecule has 8 heteroatoms. The molecule has 0 aliphatic rings. The molecule has 114 valence electrons. The minimum Gasteiger partial charge on any atom is -0.356 e. The molecule has 1 aromatic carbocycles. The Labute approximate surface area is 133 Å². The van der Waals surface area contributed by atoms with Gasteiger partial charge in [-0.2, -0.15) is 0 Å². The summed E-state index contributed by atoms with van der Waals surface area (Å²) < 4.78 is 6.56. The number of carbonyl (C=O) groups is 1. The number of amides is 1. The summed E-state index contributed by atoms with van der Waals surface area (Å²) in [6.07, 6.45) is 3.01. The molecule has 0 bridgehead atoms. The zero-order valence-electron chi connectivity index (χ0n) is 11.7. The number of aromatic nitrogens is 3. The maximum Gasteiger partial charge on any atom is 0.282 e. The van der Waals surface area contributed by atoms with Crippen molar-refractivity contribution in [3.05, 3.63) is 58.1 Å². The molecule has 0 saturated carbocycles. The second-order valence-corrected chi connectivity index (χ2v) is 5.76. The SMILES string of the molecule is O=C(Cc1noc2ccccc12)Nc1cnc2sccn2c1=O. The van der Waals surface area contributed by atoms with Gasteiger partial charge in [0.1, 0.15) is 11.4 Å². The third kappa shape index (κ3) is 2.38. The standard InChI is InChI=1S/C15H10N4O3S/c20-13(7-10-9-3-1-2-4-12(9)22-18-10)17-11-8-16-15-19(14(11)21)5-6-23-15/h1-6,8H,7H2,(H,17,20). The molecule has 4 rings (SSSR count). The fraction of sp³-hybridized carbons (Fsp3) is 0.0667. The van der Waals surface area contributed by atoms with Gasteiger partial charge in [-0.15, -0.1) is 11.3 Å². The van der Waals surface area contributed by atoms with Crippen molar-refractivity contribution in [2.24, 2.45) is 0 Å². The molecule has 0 saturated heterocycles. The van der Waals surface area contributed by atoms with Crippen LogP contribution >= 0.6 is 11.3 Å². The van der Waals surface area contributed by atoms with Crippen LogP contribution in [-0.4, -0.2) is 20.4 Å². The number of fused-ring (bicyclic) bond motifs is 2. The zero-order chi connectivity index (χ0) is 15.8. The number of para-hydroxylation sites is 1. The molecule has 0 spiro atoms. The maximum atomic E-state index is 12.2. The van der Waals surface area contributed by atoms with E-state index in [1.807, 2.05) is 18.2 Å². The van der Waals surface area contributed by atoms with Gasteiger partial charge < -0.3 is 9.84 Å². The Morgan fingerprint density at radius 3 is 3.13 bits per heavy atom. The first-order valence-electron chi connectivity index (χ1n) is 6.80. The van der Waals surface area contributed by atoms with Crippen molar-refractivity contribution in [1.82, 2.24) is 14.5 Å². The van der Waals surface area contributed by atoms with Gasteiger partial charge in [0.15, 0.2) is 10.5 Å². The molecule has 23 heavy (non-hydrogen) atoms. The Morgan fingerprint density at radius 2 is 2.22 bits per heavy atom. The van der Waals surface area contributed by atoms with Gasteiger partial charge in [-0.05, 0) is 12.1 Å². The van der Waals surface area contributed by atoms with Crippen LogP contribution in [0, 0.1) is 0 Å². The van der Waals surface area contributed by atoms with Crippen molar-refractivity contribution < 1.29 is 9.32 Å². The van der Waals surface area contributed by atoms with Gasteiger partial charge in [-0.1, -0.05) is 17.3 Å².